The van der Waals surface area contributed by atoms with E-state index in [0.717, 1.165) is 101 Å². The van der Waals surface area contributed by atoms with Gasteiger partial charge in [-0.05, 0) is 109 Å². The van der Waals surface area contributed by atoms with E-state index in [1.807, 2.05) is 0 Å². The van der Waals surface area contributed by atoms with Crippen LogP contribution in [-0.2, 0) is 0 Å². The Bertz CT molecular complexity index is 3200. The van der Waals surface area contributed by atoms with E-state index >= 15 is 0 Å². The molecule has 0 atom stereocenters. The van der Waals surface area contributed by atoms with Gasteiger partial charge in [0, 0.05) is 66.4 Å². The molecule has 12 aromatic rings. The third-order valence-corrected chi connectivity index (χ3v) is 13.2. The van der Waals surface area contributed by atoms with E-state index in [4.69, 9.17) is 0 Å². The number of hydrogen-bond acceptors (Lipinski definition) is 4. The van der Waals surface area contributed by atoms with Crippen molar-refractivity contribution in [1.82, 2.24) is 0 Å². The lowest BCUT2D eigenvalue weighted by Gasteiger charge is -2.34. The molecule has 0 radical (unpaired) electrons. The summed E-state index contributed by atoms with van der Waals surface area (Å²) in [6.07, 6.45) is 0. The summed E-state index contributed by atoms with van der Waals surface area (Å²) in [4.78, 5) is 9.61. The van der Waals surface area contributed by atoms with Crippen LogP contribution in [0.4, 0.5) is 68.2 Å². The molecule has 0 N–H and O–H groups in total. The molecule has 0 spiro atoms. The van der Waals surface area contributed by atoms with Crippen LogP contribution in [0.3, 0.4) is 0 Å². The first-order valence-corrected chi connectivity index (χ1v) is 23.9. The van der Waals surface area contributed by atoms with E-state index < -0.39 is 0 Å². The number of para-hydroxylation sites is 6. The zero-order valence-corrected chi connectivity index (χ0v) is 38.5. The van der Waals surface area contributed by atoms with Gasteiger partial charge in [0.05, 0.1) is 34.1 Å². The minimum Gasteiger partial charge on any atom is -0.310 e. The fourth-order valence-electron chi connectivity index (χ4n) is 10.1. The Hall–Kier alpha value is -9.38. The second-order valence-corrected chi connectivity index (χ2v) is 17.3. The molecule has 0 aliphatic rings. The number of hydrogen-bond donors (Lipinski definition) is 0. The Balaban J connectivity index is 1.14. The number of nitrogens with zero attached hydrogens (tertiary/aromatic N) is 4. The Labute approximate surface area is 409 Å². The van der Waals surface area contributed by atoms with Crippen molar-refractivity contribution < 1.29 is 0 Å². The second-order valence-electron chi connectivity index (χ2n) is 17.3. The van der Waals surface area contributed by atoms with Crippen LogP contribution < -0.4 is 19.6 Å². The predicted molar refractivity (Wildman–Crippen MR) is 298 cm³/mol. The third kappa shape index (κ3) is 7.74. The SMILES string of the molecule is c1ccc(N(c2ccccc2)c2ccc(N(c3ccc(N(c4ccccc4)c4ccccc4)c4ccccc34)c3ccc(N(c4ccccc4)c4ccccc4)c4ccccc34)c3ccccc23)cc1. The van der Waals surface area contributed by atoms with Crippen molar-refractivity contribution in [3.05, 3.63) is 291 Å². The lowest BCUT2D eigenvalue weighted by atomic mass is 9.98. The van der Waals surface area contributed by atoms with Crippen LogP contribution in [0.25, 0.3) is 32.3 Å². The number of benzene rings is 12. The molecule has 4 nitrogen and oxygen atoms in total. The highest BCUT2D eigenvalue weighted by atomic mass is 15.2. The lowest BCUT2D eigenvalue weighted by molar-refractivity contribution is 1.27. The van der Waals surface area contributed by atoms with Crippen molar-refractivity contribution in [1.29, 1.82) is 0 Å². The third-order valence-electron chi connectivity index (χ3n) is 13.2. The highest BCUT2D eigenvalue weighted by Crippen LogP contribution is 2.51. The molecule has 0 saturated heterocycles. The smallest absolute Gasteiger partial charge is 0.0542 e. The summed E-state index contributed by atoms with van der Waals surface area (Å²) in [5.41, 5.74) is 13.1. The number of fused-ring (bicyclic) bond motifs is 3. The lowest BCUT2D eigenvalue weighted by Crippen LogP contribution is -2.15. The van der Waals surface area contributed by atoms with Gasteiger partial charge in [-0.15, -0.1) is 0 Å². The van der Waals surface area contributed by atoms with Gasteiger partial charge in [0.2, 0.25) is 0 Å². The normalized spacial score (nSPS) is 11.1. The highest BCUT2D eigenvalue weighted by Gasteiger charge is 2.26. The van der Waals surface area contributed by atoms with E-state index in [-0.39, 0.29) is 0 Å². The molecule has 12 rings (SSSR count). The summed E-state index contributed by atoms with van der Waals surface area (Å²) >= 11 is 0. The summed E-state index contributed by atoms with van der Waals surface area (Å²) in [7, 11) is 0. The van der Waals surface area contributed by atoms with Crippen LogP contribution in [0.2, 0.25) is 0 Å². The first-order chi connectivity index (χ1) is 34.8. The van der Waals surface area contributed by atoms with Gasteiger partial charge in [-0.3, -0.25) is 0 Å². The van der Waals surface area contributed by atoms with E-state index in [0.29, 0.717) is 0 Å². The van der Waals surface area contributed by atoms with Gasteiger partial charge in [0.1, 0.15) is 0 Å². The van der Waals surface area contributed by atoms with Gasteiger partial charge in [-0.2, -0.15) is 0 Å². The summed E-state index contributed by atoms with van der Waals surface area (Å²) in [5, 5.41) is 6.80. The molecular weight excluding hydrogens is 849 g/mol. The molecule has 0 fully saturated rings. The molecule has 12 aromatic carbocycles. The van der Waals surface area contributed by atoms with Crippen LogP contribution in [0.5, 0.6) is 0 Å². The monoisotopic (exact) mass is 896 g/mol. The van der Waals surface area contributed by atoms with Crippen molar-refractivity contribution in [2.24, 2.45) is 0 Å². The fourth-order valence-corrected chi connectivity index (χ4v) is 10.1. The Morgan fingerprint density at radius 1 is 0.129 bits per heavy atom. The van der Waals surface area contributed by atoms with Gasteiger partial charge < -0.3 is 19.6 Å². The average Bonchev–Trinajstić information content (AvgIpc) is 3.44. The van der Waals surface area contributed by atoms with Crippen LogP contribution in [0.1, 0.15) is 0 Å². The summed E-state index contributed by atoms with van der Waals surface area (Å²) in [5.74, 6) is 0. The average molecular weight is 897 g/mol. The van der Waals surface area contributed by atoms with Gasteiger partial charge in [-0.1, -0.05) is 182 Å². The molecule has 0 unspecified atom stereocenters. The Kier molecular flexibility index (Phi) is 11.2. The first-order valence-electron chi connectivity index (χ1n) is 23.9. The predicted octanol–water partition coefficient (Wildman–Crippen LogP) is 19.0. The molecule has 70 heavy (non-hydrogen) atoms. The van der Waals surface area contributed by atoms with Crippen molar-refractivity contribution in [3.8, 4) is 0 Å². The number of rotatable bonds is 12. The zero-order chi connectivity index (χ0) is 46.6. The standard InChI is InChI=1S/C66H48N4/c1-7-25-49(26-8-1)67(50-27-9-2-10-28-50)61-43-46-64(58-40-22-19-37-55(58)61)70(65-47-44-62(56-38-20-23-41-59(56)65)68(51-29-11-3-12-30-51)52-31-13-4-14-32-52)66-48-45-63(57-39-21-24-42-60(57)66)69(53-33-15-5-16-34-53)54-35-17-6-18-36-54/h1-48H. The van der Waals surface area contributed by atoms with E-state index in [2.05, 4.69) is 311 Å². The van der Waals surface area contributed by atoms with Crippen LogP contribution in [-0.4, -0.2) is 0 Å². The first kappa shape index (κ1) is 42.0. The summed E-state index contributed by atoms with van der Waals surface area (Å²) in [6.45, 7) is 0. The van der Waals surface area contributed by atoms with Crippen molar-refractivity contribution >= 4 is 101 Å². The van der Waals surface area contributed by atoms with Gasteiger partial charge >= 0.3 is 0 Å². The fraction of sp³-hybridized carbons (Fsp3) is 0. The topological polar surface area (TPSA) is 13.0 Å². The van der Waals surface area contributed by atoms with Gasteiger partial charge in [-0.25, -0.2) is 0 Å². The zero-order valence-electron chi connectivity index (χ0n) is 38.5. The highest BCUT2D eigenvalue weighted by molar-refractivity contribution is 6.15. The molecule has 0 aliphatic carbocycles. The Morgan fingerprint density at radius 2 is 0.271 bits per heavy atom. The van der Waals surface area contributed by atoms with Crippen LogP contribution >= 0.6 is 0 Å². The quantitative estimate of drug-likeness (QED) is 0.121. The molecule has 0 aliphatic heterocycles. The maximum atomic E-state index is 2.50. The molecular formula is C66H48N4. The maximum Gasteiger partial charge on any atom is 0.0542 e. The number of anilines is 12. The van der Waals surface area contributed by atoms with E-state index in [1.165, 1.54) is 0 Å². The van der Waals surface area contributed by atoms with Crippen LogP contribution in [0, 0.1) is 0 Å². The Morgan fingerprint density at radius 3 is 0.443 bits per heavy atom. The minimum absolute atomic E-state index is 1.07. The molecule has 4 heteroatoms. The molecule has 0 amide bonds. The molecule has 0 saturated carbocycles. The maximum absolute atomic E-state index is 2.50. The van der Waals surface area contributed by atoms with Crippen molar-refractivity contribution in [2.45, 2.75) is 0 Å². The summed E-state index contributed by atoms with van der Waals surface area (Å²) in [6, 6.07) is 105. The molecule has 332 valence electrons. The van der Waals surface area contributed by atoms with Crippen molar-refractivity contribution in [2.75, 3.05) is 19.6 Å². The minimum atomic E-state index is 1.07. The molecule has 0 heterocycles. The largest absolute Gasteiger partial charge is 0.310 e. The van der Waals surface area contributed by atoms with E-state index in [9.17, 15) is 0 Å². The molecule has 0 aromatic heterocycles. The summed E-state index contributed by atoms with van der Waals surface area (Å²) < 4.78 is 0. The molecule has 0 bridgehead atoms. The van der Waals surface area contributed by atoms with E-state index in [1.54, 1.807) is 0 Å². The second kappa shape index (κ2) is 18.7. The van der Waals surface area contributed by atoms with Gasteiger partial charge in [0.15, 0.2) is 0 Å². The van der Waals surface area contributed by atoms with Gasteiger partial charge in [0.25, 0.3) is 0 Å². The van der Waals surface area contributed by atoms with Crippen molar-refractivity contribution in [3.63, 3.8) is 0 Å². The van der Waals surface area contributed by atoms with Crippen LogP contribution in [0.15, 0.2) is 291 Å².